The molecule has 1 amide bonds. The third-order valence-corrected chi connectivity index (χ3v) is 5.52. The van der Waals surface area contributed by atoms with E-state index in [1.807, 2.05) is 36.6 Å². The van der Waals surface area contributed by atoms with Crippen LogP contribution in [0, 0.1) is 6.92 Å². The van der Waals surface area contributed by atoms with Crippen LogP contribution in [-0.4, -0.2) is 22.4 Å². The van der Waals surface area contributed by atoms with E-state index in [4.69, 9.17) is 16.3 Å². The molecule has 0 saturated carbocycles. The molecule has 1 N–H and O–H groups in total. The zero-order chi connectivity index (χ0) is 20.5. The Labute approximate surface area is 175 Å². The number of carbonyl (C=O) groups excluding carboxylic acids is 1. The molecule has 8 heteroatoms. The van der Waals surface area contributed by atoms with Gasteiger partial charge in [-0.1, -0.05) is 41.4 Å². The van der Waals surface area contributed by atoms with Crippen molar-refractivity contribution in [2.45, 2.75) is 6.92 Å². The number of thiazole rings is 1. The average Bonchev–Trinajstić information content (AvgIpc) is 3.14. The molecule has 0 unspecified atom stereocenters. The lowest BCUT2D eigenvalue weighted by Gasteiger charge is -2.10. The van der Waals surface area contributed by atoms with E-state index in [9.17, 15) is 9.59 Å². The molecule has 0 atom stereocenters. The molecule has 2 aromatic heterocycles. The van der Waals surface area contributed by atoms with E-state index in [1.165, 1.54) is 29.0 Å². The van der Waals surface area contributed by atoms with Crippen molar-refractivity contribution in [2.75, 3.05) is 12.4 Å². The molecule has 2 heterocycles. The Morgan fingerprint density at radius 1 is 1.21 bits per heavy atom. The van der Waals surface area contributed by atoms with E-state index in [2.05, 4.69) is 10.3 Å². The molecule has 0 aliphatic carbocycles. The molecular weight excluding hydrogens is 410 g/mol. The lowest BCUT2D eigenvalue weighted by Crippen LogP contribution is -2.26. The number of carbonyl (C=O) groups is 1. The second kappa shape index (κ2) is 7.69. The van der Waals surface area contributed by atoms with Gasteiger partial charge >= 0.3 is 0 Å². The van der Waals surface area contributed by atoms with E-state index < -0.39 is 11.5 Å². The maximum atomic E-state index is 13.1. The van der Waals surface area contributed by atoms with Crippen LogP contribution < -0.4 is 15.6 Å². The first-order valence-corrected chi connectivity index (χ1v) is 9.95. The standard InChI is InChI=1S/C21H16ClN3O3S/c1-12-3-5-13(6-4-12)17-11-29-21-23-10-15(20(27)25(17)21)19(26)24-16-9-14(22)7-8-18(16)28-2/h3-11H,1-2H3,(H,24,26). The fourth-order valence-electron chi connectivity index (χ4n) is 2.94. The van der Waals surface area contributed by atoms with E-state index in [0.29, 0.717) is 27.1 Å². The molecule has 4 aromatic rings. The highest BCUT2D eigenvalue weighted by Gasteiger charge is 2.18. The maximum Gasteiger partial charge on any atom is 0.271 e. The molecule has 0 bridgehead atoms. The van der Waals surface area contributed by atoms with Crippen molar-refractivity contribution < 1.29 is 9.53 Å². The van der Waals surface area contributed by atoms with Crippen molar-refractivity contribution in [3.05, 3.63) is 80.5 Å². The summed E-state index contributed by atoms with van der Waals surface area (Å²) in [4.78, 5) is 30.7. The molecule has 4 rings (SSSR count). The van der Waals surface area contributed by atoms with Gasteiger partial charge in [0.15, 0.2) is 4.96 Å². The third kappa shape index (κ3) is 3.62. The Morgan fingerprint density at radius 2 is 1.97 bits per heavy atom. The summed E-state index contributed by atoms with van der Waals surface area (Å²) in [7, 11) is 1.49. The molecule has 6 nitrogen and oxygen atoms in total. The lowest BCUT2D eigenvalue weighted by atomic mass is 10.1. The summed E-state index contributed by atoms with van der Waals surface area (Å²) in [6.45, 7) is 2.00. The van der Waals surface area contributed by atoms with Gasteiger partial charge in [-0.15, -0.1) is 11.3 Å². The van der Waals surface area contributed by atoms with E-state index in [-0.39, 0.29) is 5.56 Å². The second-order valence-corrected chi connectivity index (χ2v) is 7.65. The van der Waals surface area contributed by atoms with Crippen LogP contribution in [0.2, 0.25) is 5.02 Å². The van der Waals surface area contributed by atoms with Gasteiger partial charge in [-0.2, -0.15) is 0 Å². The second-order valence-electron chi connectivity index (χ2n) is 6.38. The third-order valence-electron chi connectivity index (χ3n) is 4.45. The topological polar surface area (TPSA) is 72.7 Å². The van der Waals surface area contributed by atoms with Gasteiger partial charge in [0.2, 0.25) is 0 Å². The van der Waals surface area contributed by atoms with Gasteiger partial charge < -0.3 is 10.1 Å². The number of aryl methyl sites for hydroxylation is 1. The molecule has 146 valence electrons. The molecular formula is C21H16ClN3O3S. The first-order valence-electron chi connectivity index (χ1n) is 8.69. The highest BCUT2D eigenvalue weighted by atomic mass is 35.5. The minimum atomic E-state index is -0.585. The monoisotopic (exact) mass is 425 g/mol. The predicted molar refractivity (Wildman–Crippen MR) is 115 cm³/mol. The molecule has 0 spiro atoms. The van der Waals surface area contributed by atoms with Crippen LogP contribution in [0.3, 0.4) is 0 Å². The number of rotatable bonds is 4. The zero-order valence-electron chi connectivity index (χ0n) is 15.6. The number of benzene rings is 2. The molecule has 29 heavy (non-hydrogen) atoms. The smallest absolute Gasteiger partial charge is 0.271 e. The number of methoxy groups -OCH3 is 1. The van der Waals surface area contributed by atoms with Gasteiger partial charge in [0.25, 0.3) is 11.5 Å². The van der Waals surface area contributed by atoms with Crippen LogP contribution in [0.15, 0.2) is 58.8 Å². The number of ether oxygens (including phenoxy) is 1. The summed E-state index contributed by atoms with van der Waals surface area (Å²) >= 11 is 7.36. The van der Waals surface area contributed by atoms with Gasteiger partial charge in [-0.25, -0.2) is 4.98 Å². The van der Waals surface area contributed by atoms with Gasteiger partial charge in [-0.05, 0) is 30.7 Å². The van der Waals surface area contributed by atoms with Crippen molar-refractivity contribution in [1.82, 2.24) is 9.38 Å². The van der Waals surface area contributed by atoms with Crippen LogP contribution in [0.4, 0.5) is 5.69 Å². The maximum absolute atomic E-state index is 13.1. The highest BCUT2D eigenvalue weighted by Crippen LogP contribution is 2.28. The summed E-state index contributed by atoms with van der Waals surface area (Å²) in [5, 5.41) is 4.98. The van der Waals surface area contributed by atoms with Crippen molar-refractivity contribution in [3.8, 4) is 17.0 Å². The largest absolute Gasteiger partial charge is 0.495 e. The fraction of sp³-hybridized carbons (Fsp3) is 0.0952. The first kappa shape index (κ1) is 19.2. The summed E-state index contributed by atoms with van der Waals surface area (Å²) in [5.74, 6) is -0.147. The number of aromatic nitrogens is 2. The summed E-state index contributed by atoms with van der Waals surface area (Å²) in [6, 6.07) is 12.7. The molecule has 0 aliphatic heterocycles. The van der Waals surface area contributed by atoms with Crippen molar-refractivity contribution in [3.63, 3.8) is 0 Å². The first-order chi connectivity index (χ1) is 14.0. The van der Waals surface area contributed by atoms with Gasteiger partial charge in [-0.3, -0.25) is 14.0 Å². The van der Waals surface area contributed by atoms with Crippen molar-refractivity contribution in [1.29, 1.82) is 0 Å². The predicted octanol–water partition coefficient (Wildman–Crippen LogP) is 4.65. The van der Waals surface area contributed by atoms with Crippen LogP contribution in [0.5, 0.6) is 5.75 Å². The number of halogens is 1. The molecule has 0 aliphatic rings. The number of nitrogens with one attached hydrogen (secondary N) is 1. The minimum absolute atomic E-state index is 0.0729. The number of amides is 1. The van der Waals surface area contributed by atoms with Crippen LogP contribution in [-0.2, 0) is 0 Å². The van der Waals surface area contributed by atoms with Crippen molar-refractivity contribution >= 4 is 39.5 Å². The summed E-state index contributed by atoms with van der Waals surface area (Å²) < 4.78 is 6.70. The SMILES string of the molecule is COc1ccc(Cl)cc1NC(=O)c1cnc2scc(-c3ccc(C)cc3)n2c1=O. The molecule has 0 radical (unpaired) electrons. The number of fused-ring (bicyclic) bond motifs is 1. The van der Waals surface area contributed by atoms with Crippen LogP contribution in [0.1, 0.15) is 15.9 Å². The molecule has 0 fully saturated rings. The van der Waals surface area contributed by atoms with Crippen molar-refractivity contribution in [2.24, 2.45) is 0 Å². The highest BCUT2D eigenvalue weighted by molar-refractivity contribution is 7.15. The summed E-state index contributed by atoms with van der Waals surface area (Å²) in [5.41, 5.74) is 2.55. The minimum Gasteiger partial charge on any atom is -0.495 e. The number of anilines is 1. The normalized spacial score (nSPS) is 10.9. The van der Waals surface area contributed by atoms with E-state index in [0.717, 1.165) is 11.1 Å². The van der Waals surface area contributed by atoms with Crippen LogP contribution in [0.25, 0.3) is 16.2 Å². The summed E-state index contributed by atoms with van der Waals surface area (Å²) in [6.07, 6.45) is 1.29. The molecule has 0 saturated heterocycles. The zero-order valence-corrected chi connectivity index (χ0v) is 17.2. The van der Waals surface area contributed by atoms with Gasteiger partial charge in [0.1, 0.15) is 11.3 Å². The number of hydrogen-bond donors (Lipinski definition) is 1. The Hall–Kier alpha value is -3.16. The average molecular weight is 426 g/mol. The Balaban J connectivity index is 1.77. The van der Waals surface area contributed by atoms with Crippen LogP contribution >= 0.6 is 22.9 Å². The van der Waals surface area contributed by atoms with Gasteiger partial charge in [0.05, 0.1) is 18.5 Å². The fourth-order valence-corrected chi connectivity index (χ4v) is 3.97. The Morgan fingerprint density at radius 3 is 2.69 bits per heavy atom. The van der Waals surface area contributed by atoms with E-state index in [1.54, 1.807) is 18.2 Å². The van der Waals surface area contributed by atoms with E-state index >= 15 is 0 Å². The lowest BCUT2D eigenvalue weighted by molar-refractivity contribution is 0.102. The molecule has 2 aromatic carbocycles. The number of hydrogen-bond acceptors (Lipinski definition) is 5. The van der Waals surface area contributed by atoms with Gasteiger partial charge in [0, 0.05) is 16.6 Å². The Kier molecular flexibility index (Phi) is 5.08. The Bertz CT molecular complexity index is 1280. The quantitative estimate of drug-likeness (QED) is 0.516. The number of nitrogens with zero attached hydrogens (tertiary/aromatic N) is 2.